The fraction of sp³-hybridized carbons (Fsp3) is 0.115. The Morgan fingerprint density at radius 2 is 1.59 bits per heavy atom. The molecule has 2 amide bonds. The molecule has 1 aromatic heterocycles. The highest BCUT2D eigenvalue weighted by Gasteiger charge is 2.15. The number of halogens is 2. The Morgan fingerprint density at radius 3 is 2.29 bits per heavy atom. The Kier molecular flexibility index (Phi) is 7.07. The van der Waals surface area contributed by atoms with Gasteiger partial charge in [-0.05, 0) is 17.7 Å². The van der Waals surface area contributed by atoms with E-state index in [0.29, 0.717) is 12.6 Å². The molecule has 6 nitrogen and oxygen atoms in total. The Morgan fingerprint density at radius 1 is 0.882 bits per heavy atom. The zero-order chi connectivity index (χ0) is 23.9. The lowest BCUT2D eigenvalue weighted by molar-refractivity contribution is -0.120. The number of carbonyl (C=O) groups is 2. The molecule has 0 saturated carbocycles. The smallest absolute Gasteiger partial charge is 0.254 e. The number of benzene rings is 3. The van der Waals surface area contributed by atoms with E-state index in [0.717, 1.165) is 34.5 Å². The second-order valence-electron chi connectivity index (χ2n) is 7.64. The number of hydrogen-bond acceptors (Lipinski definition) is 3. The molecule has 4 rings (SSSR count). The van der Waals surface area contributed by atoms with Crippen LogP contribution in [0.5, 0.6) is 0 Å². The van der Waals surface area contributed by atoms with Crippen molar-refractivity contribution in [2.75, 3.05) is 6.54 Å². The summed E-state index contributed by atoms with van der Waals surface area (Å²) in [6.45, 7) is 0.418. The number of aromatic nitrogens is 2. The molecule has 0 aliphatic carbocycles. The number of nitrogens with zero attached hydrogens (tertiary/aromatic N) is 2. The van der Waals surface area contributed by atoms with Gasteiger partial charge in [0.1, 0.15) is 11.6 Å². The summed E-state index contributed by atoms with van der Waals surface area (Å²) in [5, 5.41) is 9.81. The molecule has 172 valence electrons. The maximum absolute atomic E-state index is 13.7. The van der Waals surface area contributed by atoms with Gasteiger partial charge in [0.15, 0.2) is 0 Å². The Hall–Kier alpha value is -4.33. The van der Waals surface area contributed by atoms with Crippen LogP contribution in [0.4, 0.5) is 8.78 Å². The lowest BCUT2D eigenvalue weighted by atomic mass is 10.1. The van der Waals surface area contributed by atoms with Crippen molar-refractivity contribution < 1.29 is 18.4 Å². The van der Waals surface area contributed by atoms with Crippen LogP contribution in [0.3, 0.4) is 0 Å². The average Bonchev–Trinajstić information content (AvgIpc) is 3.25. The first kappa shape index (κ1) is 22.8. The molecule has 0 aliphatic rings. The first-order chi connectivity index (χ1) is 16.5. The van der Waals surface area contributed by atoms with Gasteiger partial charge in [0.2, 0.25) is 5.91 Å². The Bertz CT molecular complexity index is 1290. The minimum Gasteiger partial charge on any atom is -0.350 e. The second kappa shape index (κ2) is 10.5. The van der Waals surface area contributed by atoms with Gasteiger partial charge in [-0.2, -0.15) is 5.10 Å². The van der Waals surface area contributed by atoms with E-state index in [1.807, 2.05) is 71.5 Å². The van der Waals surface area contributed by atoms with E-state index < -0.39 is 23.4 Å². The number of nitrogens with one attached hydrogen (secondary N) is 2. The summed E-state index contributed by atoms with van der Waals surface area (Å²) >= 11 is 0. The van der Waals surface area contributed by atoms with Crippen molar-refractivity contribution in [2.45, 2.75) is 13.1 Å². The summed E-state index contributed by atoms with van der Waals surface area (Å²) in [6, 6.07) is 22.2. The van der Waals surface area contributed by atoms with Gasteiger partial charge in [0.05, 0.1) is 24.3 Å². The Balaban J connectivity index is 1.42. The largest absolute Gasteiger partial charge is 0.350 e. The molecule has 0 atom stereocenters. The van der Waals surface area contributed by atoms with Crippen LogP contribution in [-0.4, -0.2) is 28.1 Å². The van der Waals surface area contributed by atoms with Crippen LogP contribution in [0.25, 0.3) is 11.3 Å². The molecule has 34 heavy (non-hydrogen) atoms. The minimum absolute atomic E-state index is 0.193. The lowest BCUT2D eigenvalue weighted by Crippen LogP contribution is -2.37. The van der Waals surface area contributed by atoms with Crippen molar-refractivity contribution in [3.8, 4) is 11.3 Å². The standard InChI is InChI=1S/C26H22F2N4O2/c27-21-11-12-22(23(28)13-21)26(34)30-15-24(33)29-14-20-17-32(16-18-7-3-1-4-8-18)31-25(20)19-9-5-2-6-10-19/h1-13,17H,14-16H2,(H,29,33)(H,30,34). The first-order valence-corrected chi connectivity index (χ1v) is 10.7. The predicted molar refractivity (Wildman–Crippen MR) is 124 cm³/mol. The SMILES string of the molecule is O=C(CNC(=O)c1ccc(F)cc1F)NCc1cn(Cc2ccccc2)nc1-c1ccccc1. The predicted octanol–water partition coefficient (Wildman–Crippen LogP) is 3.92. The zero-order valence-electron chi connectivity index (χ0n) is 18.2. The molecule has 0 aliphatic heterocycles. The topological polar surface area (TPSA) is 76.0 Å². The van der Waals surface area contributed by atoms with Crippen molar-refractivity contribution in [3.63, 3.8) is 0 Å². The van der Waals surface area contributed by atoms with E-state index in [4.69, 9.17) is 5.10 Å². The van der Waals surface area contributed by atoms with Gasteiger partial charge in [-0.3, -0.25) is 14.3 Å². The third-order valence-corrected chi connectivity index (χ3v) is 5.13. The number of rotatable bonds is 8. The number of carbonyl (C=O) groups excluding carboxylic acids is 2. The van der Waals surface area contributed by atoms with E-state index in [1.54, 1.807) is 0 Å². The molecular weight excluding hydrogens is 438 g/mol. The summed E-state index contributed by atoms with van der Waals surface area (Å²) in [5.74, 6) is -3.02. The van der Waals surface area contributed by atoms with Crippen molar-refractivity contribution in [2.24, 2.45) is 0 Å². The Labute approximate surface area is 195 Å². The van der Waals surface area contributed by atoms with Crippen LogP contribution in [0.1, 0.15) is 21.5 Å². The van der Waals surface area contributed by atoms with E-state index in [2.05, 4.69) is 10.6 Å². The molecular formula is C26H22F2N4O2. The molecule has 1 heterocycles. The molecule has 0 spiro atoms. The minimum atomic E-state index is -0.990. The molecule has 2 N–H and O–H groups in total. The van der Waals surface area contributed by atoms with Crippen molar-refractivity contribution in [1.29, 1.82) is 0 Å². The summed E-state index contributed by atoms with van der Waals surface area (Å²) in [4.78, 5) is 24.4. The van der Waals surface area contributed by atoms with Crippen LogP contribution in [0.2, 0.25) is 0 Å². The van der Waals surface area contributed by atoms with Gasteiger partial charge in [0.25, 0.3) is 5.91 Å². The molecule has 0 radical (unpaired) electrons. The number of hydrogen-bond donors (Lipinski definition) is 2. The van der Waals surface area contributed by atoms with Gasteiger partial charge < -0.3 is 10.6 Å². The first-order valence-electron chi connectivity index (χ1n) is 10.7. The van der Waals surface area contributed by atoms with Gasteiger partial charge in [-0.25, -0.2) is 8.78 Å². The van der Waals surface area contributed by atoms with Crippen LogP contribution < -0.4 is 10.6 Å². The molecule has 0 saturated heterocycles. The third kappa shape index (κ3) is 5.72. The zero-order valence-corrected chi connectivity index (χ0v) is 18.2. The van der Waals surface area contributed by atoms with Crippen LogP contribution in [0.15, 0.2) is 85.1 Å². The third-order valence-electron chi connectivity index (χ3n) is 5.13. The summed E-state index contributed by atoms with van der Waals surface area (Å²) < 4.78 is 28.6. The van der Waals surface area contributed by atoms with Gasteiger partial charge >= 0.3 is 0 Å². The van der Waals surface area contributed by atoms with E-state index in [-0.39, 0.29) is 18.7 Å². The molecule has 3 aromatic carbocycles. The maximum atomic E-state index is 13.7. The van der Waals surface area contributed by atoms with E-state index in [9.17, 15) is 18.4 Å². The van der Waals surface area contributed by atoms with E-state index in [1.165, 1.54) is 0 Å². The molecule has 0 fully saturated rings. The summed E-state index contributed by atoms with van der Waals surface area (Å²) in [7, 11) is 0. The highest BCUT2D eigenvalue weighted by molar-refractivity contribution is 5.96. The van der Waals surface area contributed by atoms with Crippen LogP contribution in [0, 0.1) is 11.6 Å². The number of amides is 2. The van der Waals surface area contributed by atoms with E-state index >= 15 is 0 Å². The molecule has 8 heteroatoms. The summed E-state index contributed by atoms with van der Waals surface area (Å²) in [6.07, 6.45) is 1.88. The van der Waals surface area contributed by atoms with Crippen molar-refractivity contribution in [3.05, 3.63) is 113 Å². The molecule has 0 unspecified atom stereocenters. The van der Waals surface area contributed by atoms with Crippen molar-refractivity contribution in [1.82, 2.24) is 20.4 Å². The normalized spacial score (nSPS) is 10.6. The van der Waals surface area contributed by atoms with Crippen LogP contribution >= 0.6 is 0 Å². The fourth-order valence-electron chi connectivity index (χ4n) is 3.47. The monoisotopic (exact) mass is 460 g/mol. The average molecular weight is 460 g/mol. The van der Waals surface area contributed by atoms with Crippen molar-refractivity contribution >= 4 is 11.8 Å². The van der Waals surface area contributed by atoms with Gasteiger partial charge in [0, 0.05) is 29.9 Å². The quantitative estimate of drug-likeness (QED) is 0.419. The van der Waals surface area contributed by atoms with Gasteiger partial charge in [-0.1, -0.05) is 60.7 Å². The highest BCUT2D eigenvalue weighted by Crippen LogP contribution is 2.22. The fourth-order valence-corrected chi connectivity index (χ4v) is 3.47. The molecule has 0 bridgehead atoms. The maximum Gasteiger partial charge on any atom is 0.254 e. The van der Waals surface area contributed by atoms with Crippen LogP contribution in [-0.2, 0) is 17.9 Å². The van der Waals surface area contributed by atoms with Gasteiger partial charge in [-0.15, -0.1) is 0 Å². The second-order valence-corrected chi connectivity index (χ2v) is 7.64. The highest BCUT2D eigenvalue weighted by atomic mass is 19.1. The molecule has 4 aromatic rings. The lowest BCUT2D eigenvalue weighted by Gasteiger charge is -2.08. The summed E-state index contributed by atoms with van der Waals surface area (Å²) in [5.41, 5.74) is 3.23.